The summed E-state index contributed by atoms with van der Waals surface area (Å²) in [6.07, 6.45) is 1.19. The fourth-order valence-corrected chi connectivity index (χ4v) is 3.19. The van der Waals surface area contributed by atoms with E-state index in [1.54, 1.807) is 6.07 Å². The van der Waals surface area contributed by atoms with Gasteiger partial charge in [-0.25, -0.2) is 10.1 Å². The van der Waals surface area contributed by atoms with Crippen LogP contribution in [-0.2, 0) is 11.3 Å². The Kier molecular flexibility index (Phi) is 6.09. The van der Waals surface area contributed by atoms with Crippen molar-refractivity contribution in [3.63, 3.8) is 0 Å². The van der Waals surface area contributed by atoms with Crippen molar-refractivity contribution >= 4 is 23.6 Å². The summed E-state index contributed by atoms with van der Waals surface area (Å²) in [5.41, 5.74) is 8.65. The first-order chi connectivity index (χ1) is 15.5. The predicted octanol–water partition coefficient (Wildman–Crippen LogP) is -1.68. The summed E-state index contributed by atoms with van der Waals surface area (Å²) >= 11 is 0. The van der Waals surface area contributed by atoms with Crippen molar-refractivity contribution in [2.24, 2.45) is 5.10 Å². The van der Waals surface area contributed by atoms with Crippen LogP contribution in [0.5, 0.6) is 0 Å². The fourth-order valence-electron chi connectivity index (χ4n) is 3.19. The zero-order valence-electron chi connectivity index (χ0n) is 16.7. The summed E-state index contributed by atoms with van der Waals surface area (Å²) in [4.78, 5) is 24.5. The third kappa shape index (κ3) is 4.42. The number of nitrogen functional groups attached to an aromatic ring is 1. The number of nitrogens with two attached hydrogens (primary N) is 1. The number of nitrogens with zero attached hydrogens (tertiary/aromatic N) is 7. The molecule has 0 bridgehead atoms. The normalized spacial score (nSPS) is 14.6. The first kappa shape index (κ1) is 21.0. The molecule has 1 aliphatic heterocycles. The molecule has 1 amide bonds. The number of hydrazone groups is 1. The molecule has 1 saturated heterocycles. The third-order valence-corrected chi connectivity index (χ3v) is 4.79. The molecule has 0 saturated carbocycles. The van der Waals surface area contributed by atoms with Crippen LogP contribution in [0.2, 0.25) is 0 Å². The second kappa shape index (κ2) is 9.27. The molecule has 1 aromatic carbocycles. The van der Waals surface area contributed by atoms with Crippen molar-refractivity contribution in [1.82, 2.24) is 30.7 Å². The molecule has 4 rings (SSSR count). The lowest BCUT2D eigenvalue weighted by molar-refractivity contribution is -0.921. The summed E-state index contributed by atoms with van der Waals surface area (Å²) in [5, 5.41) is 30.2. The van der Waals surface area contributed by atoms with E-state index in [0.29, 0.717) is 25.5 Å². The molecule has 0 aliphatic carbocycles. The van der Waals surface area contributed by atoms with Crippen LogP contribution in [-0.4, -0.2) is 68.7 Å². The molecule has 0 spiro atoms. The monoisotopic (exact) mass is 443 g/mol. The lowest BCUT2D eigenvalue weighted by Gasteiger charge is -2.23. The number of nitrogens with one attached hydrogen (secondary N) is 2. The van der Waals surface area contributed by atoms with E-state index in [1.165, 1.54) is 29.1 Å². The van der Waals surface area contributed by atoms with E-state index in [4.69, 9.17) is 10.5 Å². The quantitative estimate of drug-likeness (QED) is 0.216. The average Bonchev–Trinajstić information content (AvgIpc) is 3.40. The Balaban J connectivity index is 1.58. The van der Waals surface area contributed by atoms with Gasteiger partial charge in [-0.3, -0.25) is 14.9 Å². The lowest BCUT2D eigenvalue weighted by Crippen LogP contribution is -3.12. The van der Waals surface area contributed by atoms with Crippen LogP contribution < -0.4 is 16.1 Å². The highest BCUT2D eigenvalue weighted by molar-refractivity contribution is 5.94. The van der Waals surface area contributed by atoms with Gasteiger partial charge in [0, 0.05) is 6.07 Å². The summed E-state index contributed by atoms with van der Waals surface area (Å²) in [6.45, 7) is 3.03. The van der Waals surface area contributed by atoms with Crippen molar-refractivity contribution in [1.29, 1.82) is 0 Å². The summed E-state index contributed by atoms with van der Waals surface area (Å²) in [5.74, 6) is -0.541. The van der Waals surface area contributed by atoms with Gasteiger partial charge in [0.25, 0.3) is 11.6 Å². The van der Waals surface area contributed by atoms with Crippen molar-refractivity contribution < 1.29 is 24.0 Å². The van der Waals surface area contributed by atoms with E-state index in [9.17, 15) is 14.9 Å². The van der Waals surface area contributed by atoms with E-state index < -0.39 is 10.8 Å². The first-order valence-corrected chi connectivity index (χ1v) is 9.55. The number of rotatable bonds is 7. The number of carbonyl (C=O) groups excluding carboxylic acids is 1. The topological polar surface area (TPSA) is 194 Å². The number of hydrogen-bond acceptors (Lipinski definition) is 11. The van der Waals surface area contributed by atoms with Gasteiger partial charge < -0.3 is 15.4 Å². The molecule has 2 aromatic heterocycles. The number of amides is 1. The highest BCUT2D eigenvalue weighted by Crippen LogP contribution is 2.16. The molecular formula is C17H19N10O5+. The second-order valence-corrected chi connectivity index (χ2v) is 6.82. The molecule has 1 aliphatic rings. The standard InChI is InChI=1S/C17H18N10O5/c18-15-16(23-32-22-15)26-13(10-25-5-7-31-8-6-25)14(20-24-26)17(28)21-19-9-11-3-1-2-4-12(11)27(29)30/h1-4,9H,5-8,10H2,(H2,18,22)(H,21,28)/p+1. The van der Waals surface area contributed by atoms with E-state index >= 15 is 0 Å². The summed E-state index contributed by atoms with van der Waals surface area (Å²) < 4.78 is 11.3. The molecule has 166 valence electrons. The minimum Gasteiger partial charge on any atom is -0.378 e. The average molecular weight is 443 g/mol. The van der Waals surface area contributed by atoms with E-state index in [-0.39, 0.29) is 28.6 Å². The number of morpholine rings is 1. The highest BCUT2D eigenvalue weighted by atomic mass is 16.6. The molecular weight excluding hydrogens is 424 g/mol. The van der Waals surface area contributed by atoms with Crippen LogP contribution in [0.4, 0.5) is 11.5 Å². The molecule has 3 heterocycles. The molecule has 4 N–H and O–H groups in total. The second-order valence-electron chi connectivity index (χ2n) is 6.82. The van der Waals surface area contributed by atoms with Crippen LogP contribution >= 0.6 is 0 Å². The number of nitro groups is 1. The van der Waals surface area contributed by atoms with Crippen LogP contribution in [0.3, 0.4) is 0 Å². The number of quaternary nitrogens is 1. The fraction of sp³-hybridized carbons (Fsp3) is 0.294. The van der Waals surface area contributed by atoms with Gasteiger partial charge in [0.2, 0.25) is 11.6 Å². The number of hydrogen-bond donors (Lipinski definition) is 3. The minimum absolute atomic E-state index is 0.00510. The van der Waals surface area contributed by atoms with Crippen LogP contribution in [0.15, 0.2) is 34.0 Å². The van der Waals surface area contributed by atoms with Gasteiger partial charge in [0.15, 0.2) is 5.69 Å². The predicted molar refractivity (Wildman–Crippen MR) is 107 cm³/mol. The summed E-state index contributed by atoms with van der Waals surface area (Å²) in [6, 6.07) is 6.02. The van der Waals surface area contributed by atoms with Gasteiger partial charge in [-0.2, -0.15) is 9.78 Å². The maximum Gasteiger partial charge on any atom is 0.294 e. The maximum atomic E-state index is 12.8. The SMILES string of the molecule is Nc1nonc1-n1nnc(C(=O)NN=Cc2ccccc2[N+](=O)[O-])c1C[NH+]1CCOCC1. The molecule has 0 unspecified atom stereocenters. The Morgan fingerprint density at radius 3 is 2.84 bits per heavy atom. The number of benzene rings is 1. The van der Waals surface area contributed by atoms with Gasteiger partial charge in [-0.05, 0) is 16.4 Å². The van der Waals surface area contributed by atoms with Crippen molar-refractivity contribution in [2.45, 2.75) is 6.54 Å². The lowest BCUT2D eigenvalue weighted by atomic mass is 10.2. The Hall–Kier alpha value is -4.24. The third-order valence-electron chi connectivity index (χ3n) is 4.79. The van der Waals surface area contributed by atoms with Gasteiger partial charge in [0.05, 0.1) is 29.9 Å². The first-order valence-electron chi connectivity index (χ1n) is 9.55. The van der Waals surface area contributed by atoms with Gasteiger partial charge in [-0.1, -0.05) is 17.3 Å². The van der Waals surface area contributed by atoms with E-state index in [2.05, 4.69) is 35.8 Å². The van der Waals surface area contributed by atoms with Gasteiger partial charge in [0.1, 0.15) is 25.3 Å². The Morgan fingerprint density at radius 2 is 2.12 bits per heavy atom. The zero-order chi connectivity index (χ0) is 22.5. The van der Waals surface area contributed by atoms with Gasteiger partial charge in [-0.15, -0.1) is 5.10 Å². The molecule has 0 radical (unpaired) electrons. The number of para-hydroxylation sites is 1. The number of ether oxygens (including phenoxy) is 1. The molecule has 15 heteroatoms. The molecule has 1 fully saturated rings. The molecule has 15 nitrogen and oxygen atoms in total. The minimum atomic E-state index is -0.649. The number of anilines is 1. The van der Waals surface area contributed by atoms with E-state index in [1.807, 2.05) is 0 Å². The van der Waals surface area contributed by atoms with Crippen LogP contribution in [0, 0.1) is 10.1 Å². The highest BCUT2D eigenvalue weighted by Gasteiger charge is 2.28. The molecule has 0 atom stereocenters. The van der Waals surface area contributed by atoms with Crippen LogP contribution in [0.25, 0.3) is 5.82 Å². The van der Waals surface area contributed by atoms with Crippen molar-refractivity contribution in [2.75, 3.05) is 32.0 Å². The Labute approximate surface area is 179 Å². The Morgan fingerprint density at radius 1 is 1.34 bits per heavy atom. The van der Waals surface area contributed by atoms with Gasteiger partial charge >= 0.3 is 0 Å². The van der Waals surface area contributed by atoms with E-state index in [0.717, 1.165) is 18.0 Å². The summed E-state index contributed by atoms with van der Waals surface area (Å²) in [7, 11) is 0. The van der Waals surface area contributed by atoms with Crippen LogP contribution in [0.1, 0.15) is 21.7 Å². The molecule has 32 heavy (non-hydrogen) atoms. The number of nitro benzene ring substituents is 1. The number of carbonyl (C=O) groups is 1. The van der Waals surface area contributed by atoms with Crippen molar-refractivity contribution in [3.05, 3.63) is 51.3 Å². The maximum absolute atomic E-state index is 12.8. The number of aromatic nitrogens is 5. The Bertz CT molecular complexity index is 1150. The molecule has 3 aromatic rings. The largest absolute Gasteiger partial charge is 0.378 e. The van der Waals surface area contributed by atoms with Crippen molar-refractivity contribution in [3.8, 4) is 5.82 Å². The smallest absolute Gasteiger partial charge is 0.294 e. The zero-order valence-corrected chi connectivity index (χ0v) is 16.7.